The van der Waals surface area contributed by atoms with E-state index in [0.29, 0.717) is 0 Å². The smallest absolute Gasteiger partial charge is 0.186 e. The molecule has 0 atom stereocenters. The Morgan fingerprint density at radius 1 is 1.23 bits per heavy atom. The number of aliphatic imine (C=N–C) groups is 1. The minimum Gasteiger partial charge on any atom is -0.370 e. The first kappa shape index (κ1) is 10.3. The summed E-state index contributed by atoms with van der Waals surface area (Å²) in [7, 11) is 2.29. The van der Waals surface area contributed by atoms with Crippen LogP contribution in [-0.4, -0.2) is 43.7 Å². The summed E-state index contributed by atoms with van der Waals surface area (Å²) in [4.78, 5) is 4.02. The molecule has 13 heavy (non-hydrogen) atoms. The first-order chi connectivity index (χ1) is 6.12. The lowest BCUT2D eigenvalue weighted by molar-refractivity contribution is -0.912. The number of rotatable bonds is 3. The molecule has 0 unspecified atom stereocenters. The van der Waals surface area contributed by atoms with Crippen LogP contribution in [-0.2, 0) is 0 Å². The molecule has 0 radical (unpaired) electrons. The van der Waals surface area contributed by atoms with Gasteiger partial charge in [-0.25, -0.2) is 4.99 Å². The average Bonchev–Trinajstić information content (AvgIpc) is 2.04. The molecule has 76 valence electrons. The van der Waals surface area contributed by atoms with Crippen LogP contribution < -0.4 is 11.5 Å². The summed E-state index contributed by atoms with van der Waals surface area (Å²) < 4.78 is 1.14. The SMILES string of the molecule is C[N+]1(CCN=C(N)N)CCCCC1. The van der Waals surface area contributed by atoms with Crippen LogP contribution in [0.3, 0.4) is 0 Å². The summed E-state index contributed by atoms with van der Waals surface area (Å²) in [5, 5.41) is 0. The maximum Gasteiger partial charge on any atom is 0.186 e. The summed E-state index contributed by atoms with van der Waals surface area (Å²) >= 11 is 0. The van der Waals surface area contributed by atoms with Gasteiger partial charge in [-0.2, -0.15) is 0 Å². The van der Waals surface area contributed by atoms with Crippen molar-refractivity contribution in [1.29, 1.82) is 0 Å². The van der Waals surface area contributed by atoms with Crippen molar-refractivity contribution in [2.24, 2.45) is 16.5 Å². The van der Waals surface area contributed by atoms with Crippen molar-refractivity contribution in [3.8, 4) is 0 Å². The molecule has 4 nitrogen and oxygen atoms in total. The van der Waals surface area contributed by atoms with Gasteiger partial charge in [-0.05, 0) is 19.3 Å². The van der Waals surface area contributed by atoms with Crippen molar-refractivity contribution in [2.75, 3.05) is 33.2 Å². The van der Waals surface area contributed by atoms with Crippen molar-refractivity contribution in [3.63, 3.8) is 0 Å². The molecule has 0 saturated carbocycles. The third kappa shape index (κ3) is 3.63. The Hall–Kier alpha value is -0.770. The van der Waals surface area contributed by atoms with Crippen molar-refractivity contribution in [3.05, 3.63) is 0 Å². The third-order valence-corrected chi connectivity index (χ3v) is 2.83. The molecular weight excluding hydrogens is 164 g/mol. The molecule has 1 aliphatic rings. The van der Waals surface area contributed by atoms with Gasteiger partial charge in [-0.1, -0.05) is 0 Å². The monoisotopic (exact) mass is 185 g/mol. The van der Waals surface area contributed by atoms with E-state index in [2.05, 4.69) is 12.0 Å². The number of quaternary nitrogens is 1. The Bertz CT molecular complexity index is 178. The molecule has 0 aromatic rings. The van der Waals surface area contributed by atoms with Crippen LogP contribution in [0.5, 0.6) is 0 Å². The zero-order valence-corrected chi connectivity index (χ0v) is 8.50. The van der Waals surface area contributed by atoms with E-state index in [9.17, 15) is 0 Å². The molecule has 0 aromatic carbocycles. The number of guanidine groups is 1. The Labute approximate surface area is 80.2 Å². The minimum absolute atomic E-state index is 0.212. The molecule has 0 amide bonds. The summed E-state index contributed by atoms with van der Waals surface area (Å²) in [6, 6.07) is 0. The number of likely N-dealkylation sites (tertiary alicyclic amines) is 1. The molecule has 0 bridgehead atoms. The van der Waals surface area contributed by atoms with E-state index in [1.807, 2.05) is 0 Å². The van der Waals surface area contributed by atoms with Crippen molar-refractivity contribution in [1.82, 2.24) is 0 Å². The predicted molar refractivity (Wildman–Crippen MR) is 55.3 cm³/mol. The van der Waals surface area contributed by atoms with Gasteiger partial charge in [0.2, 0.25) is 0 Å². The Morgan fingerprint density at radius 2 is 1.85 bits per heavy atom. The highest BCUT2D eigenvalue weighted by molar-refractivity contribution is 5.75. The summed E-state index contributed by atoms with van der Waals surface area (Å²) in [6.45, 7) is 4.39. The lowest BCUT2D eigenvalue weighted by atomic mass is 10.1. The minimum atomic E-state index is 0.212. The third-order valence-electron chi connectivity index (χ3n) is 2.83. The normalized spacial score (nSPS) is 21.0. The molecule has 0 aliphatic carbocycles. The summed E-state index contributed by atoms with van der Waals surface area (Å²) in [6.07, 6.45) is 4.08. The second-order valence-corrected chi connectivity index (χ2v) is 4.16. The van der Waals surface area contributed by atoms with Crippen LogP contribution in [0.4, 0.5) is 0 Å². The standard InChI is InChI=1S/C9H21N4/c1-13(6-3-2-4-7-13)8-5-12-9(10)11/h2-8H2,1H3,(H4,10,11,12)/q+1. The molecular formula is C9H21N4+. The Morgan fingerprint density at radius 3 is 2.38 bits per heavy atom. The number of piperidine rings is 1. The van der Waals surface area contributed by atoms with Gasteiger partial charge in [0.1, 0.15) is 0 Å². The second kappa shape index (κ2) is 4.46. The number of nitrogens with two attached hydrogens (primary N) is 2. The summed E-state index contributed by atoms with van der Waals surface area (Å²) in [5.74, 6) is 0.212. The molecule has 0 spiro atoms. The number of nitrogens with zero attached hydrogens (tertiary/aromatic N) is 2. The van der Waals surface area contributed by atoms with E-state index in [1.54, 1.807) is 0 Å². The van der Waals surface area contributed by atoms with Crippen molar-refractivity contribution < 1.29 is 4.48 Å². The highest BCUT2D eigenvalue weighted by Gasteiger charge is 2.23. The Balaban J connectivity index is 2.29. The topological polar surface area (TPSA) is 64.4 Å². The van der Waals surface area contributed by atoms with E-state index in [4.69, 9.17) is 11.5 Å². The fraction of sp³-hybridized carbons (Fsp3) is 0.889. The predicted octanol–water partition coefficient (Wildman–Crippen LogP) is -0.110. The lowest BCUT2D eigenvalue weighted by Gasteiger charge is -2.37. The molecule has 0 aromatic heterocycles. The second-order valence-electron chi connectivity index (χ2n) is 4.16. The lowest BCUT2D eigenvalue weighted by Crippen LogP contribution is -2.49. The van der Waals surface area contributed by atoms with E-state index >= 15 is 0 Å². The van der Waals surface area contributed by atoms with Gasteiger partial charge < -0.3 is 16.0 Å². The molecule has 1 aliphatic heterocycles. The van der Waals surface area contributed by atoms with Crippen LogP contribution in [0.2, 0.25) is 0 Å². The first-order valence-corrected chi connectivity index (χ1v) is 5.01. The molecule has 1 saturated heterocycles. The molecule has 1 heterocycles. The van der Waals surface area contributed by atoms with Gasteiger partial charge in [0, 0.05) is 0 Å². The number of hydrogen-bond acceptors (Lipinski definition) is 1. The average molecular weight is 185 g/mol. The molecule has 4 N–H and O–H groups in total. The van der Waals surface area contributed by atoms with Gasteiger partial charge in [-0.15, -0.1) is 0 Å². The number of likely N-dealkylation sites (N-methyl/N-ethyl adjacent to an activating group) is 1. The molecule has 1 fully saturated rings. The largest absolute Gasteiger partial charge is 0.370 e. The van der Waals surface area contributed by atoms with Crippen LogP contribution in [0.1, 0.15) is 19.3 Å². The molecule has 1 rings (SSSR count). The maximum absolute atomic E-state index is 5.27. The highest BCUT2D eigenvalue weighted by Crippen LogP contribution is 2.15. The van der Waals surface area contributed by atoms with Crippen molar-refractivity contribution in [2.45, 2.75) is 19.3 Å². The molecule has 4 heteroatoms. The quantitative estimate of drug-likeness (QED) is 0.366. The van der Waals surface area contributed by atoms with E-state index in [1.165, 1.54) is 32.4 Å². The van der Waals surface area contributed by atoms with Gasteiger partial charge in [-0.3, -0.25) is 0 Å². The van der Waals surface area contributed by atoms with Crippen LogP contribution in [0.25, 0.3) is 0 Å². The maximum atomic E-state index is 5.27. The van der Waals surface area contributed by atoms with E-state index < -0.39 is 0 Å². The Kier molecular flexibility index (Phi) is 3.54. The fourth-order valence-electron chi connectivity index (χ4n) is 1.92. The van der Waals surface area contributed by atoms with E-state index in [-0.39, 0.29) is 5.96 Å². The zero-order valence-electron chi connectivity index (χ0n) is 8.50. The highest BCUT2D eigenvalue weighted by atomic mass is 15.3. The first-order valence-electron chi connectivity index (χ1n) is 5.01. The van der Waals surface area contributed by atoms with Crippen molar-refractivity contribution >= 4 is 5.96 Å². The van der Waals surface area contributed by atoms with Gasteiger partial charge in [0.15, 0.2) is 5.96 Å². The van der Waals surface area contributed by atoms with Gasteiger partial charge in [0.25, 0.3) is 0 Å². The van der Waals surface area contributed by atoms with Crippen LogP contribution in [0, 0.1) is 0 Å². The summed E-state index contributed by atoms with van der Waals surface area (Å²) in [5.41, 5.74) is 10.5. The van der Waals surface area contributed by atoms with E-state index in [0.717, 1.165) is 17.6 Å². The van der Waals surface area contributed by atoms with Gasteiger partial charge in [0.05, 0.1) is 33.2 Å². The zero-order chi connectivity index (χ0) is 9.73. The fourth-order valence-corrected chi connectivity index (χ4v) is 1.92. The number of hydrogen-bond donors (Lipinski definition) is 2. The van der Waals surface area contributed by atoms with Crippen LogP contribution >= 0.6 is 0 Å². The van der Waals surface area contributed by atoms with Crippen LogP contribution in [0.15, 0.2) is 4.99 Å². The van der Waals surface area contributed by atoms with Gasteiger partial charge >= 0.3 is 0 Å².